The number of carbonyl (C=O) groups excluding carboxylic acids is 1. The molecule has 0 heterocycles. The van der Waals surface area contributed by atoms with E-state index in [1.165, 1.54) is 5.56 Å². The molecule has 1 amide bonds. The largest absolute Gasteiger partial charge is 0.348 e. The Morgan fingerprint density at radius 3 is 2.14 bits per heavy atom. The summed E-state index contributed by atoms with van der Waals surface area (Å²) in [4.78, 5) is 14.3. The molecule has 1 atom stereocenters. The van der Waals surface area contributed by atoms with Gasteiger partial charge in [-0.25, -0.2) is 0 Å². The summed E-state index contributed by atoms with van der Waals surface area (Å²) in [6.07, 6.45) is 0. The number of nitrogens with two attached hydrogens (primary N) is 1. The molecule has 0 bridgehead atoms. The van der Waals surface area contributed by atoms with Crippen molar-refractivity contribution >= 4 is 30.7 Å². The third-order valence-corrected chi connectivity index (χ3v) is 3.47. The van der Waals surface area contributed by atoms with Gasteiger partial charge in [0.1, 0.15) is 0 Å². The Balaban J connectivity index is 0. The lowest BCUT2D eigenvalue weighted by atomic mass is 10.1. The molecule has 1 aromatic carbocycles. The molecule has 0 radical (unpaired) electrons. The van der Waals surface area contributed by atoms with Gasteiger partial charge in [0.15, 0.2) is 0 Å². The summed E-state index contributed by atoms with van der Waals surface area (Å²) >= 11 is 0. The molecule has 6 heteroatoms. The number of benzene rings is 1. The molecule has 0 aliphatic rings. The van der Waals surface area contributed by atoms with Crippen LogP contribution in [0.4, 0.5) is 0 Å². The Bertz CT molecular complexity index is 424. The van der Waals surface area contributed by atoms with Gasteiger partial charge in [0.05, 0.1) is 0 Å². The van der Waals surface area contributed by atoms with E-state index < -0.39 is 0 Å². The van der Waals surface area contributed by atoms with E-state index in [4.69, 9.17) is 5.73 Å². The van der Waals surface area contributed by atoms with Crippen LogP contribution < -0.4 is 11.1 Å². The van der Waals surface area contributed by atoms with Gasteiger partial charge in [-0.15, -0.1) is 24.8 Å². The minimum Gasteiger partial charge on any atom is -0.348 e. The monoisotopic (exact) mass is 349 g/mol. The van der Waals surface area contributed by atoms with Gasteiger partial charge in [-0.2, -0.15) is 0 Å². The summed E-state index contributed by atoms with van der Waals surface area (Å²) in [6, 6.07) is 8.32. The fourth-order valence-corrected chi connectivity index (χ4v) is 2.02. The predicted octanol–water partition coefficient (Wildman–Crippen LogP) is 2.84. The van der Waals surface area contributed by atoms with E-state index in [1.807, 2.05) is 31.2 Å². The van der Waals surface area contributed by atoms with Gasteiger partial charge in [-0.05, 0) is 45.0 Å². The van der Waals surface area contributed by atoms with Gasteiger partial charge < -0.3 is 11.1 Å². The Kier molecular flexibility index (Phi) is 12.5. The first-order valence-electron chi connectivity index (χ1n) is 7.31. The van der Waals surface area contributed by atoms with E-state index in [0.717, 1.165) is 13.1 Å². The smallest absolute Gasteiger partial charge is 0.251 e. The number of hydrogen-bond donors (Lipinski definition) is 2. The molecule has 0 aliphatic carbocycles. The molecule has 0 spiro atoms. The van der Waals surface area contributed by atoms with Gasteiger partial charge >= 0.3 is 0 Å². The summed E-state index contributed by atoms with van der Waals surface area (Å²) in [5.41, 5.74) is 7.41. The molecule has 1 aromatic rings. The average molecular weight is 350 g/mol. The first-order valence-corrected chi connectivity index (χ1v) is 7.31. The van der Waals surface area contributed by atoms with Gasteiger partial charge in [-0.3, -0.25) is 9.69 Å². The average Bonchev–Trinajstić information content (AvgIpc) is 2.44. The molecule has 1 rings (SSSR count). The van der Waals surface area contributed by atoms with Crippen LogP contribution in [0.25, 0.3) is 0 Å². The normalized spacial score (nSPS) is 11.6. The summed E-state index contributed by atoms with van der Waals surface area (Å²) < 4.78 is 0. The van der Waals surface area contributed by atoms with Crippen LogP contribution in [0.3, 0.4) is 0 Å². The molecule has 22 heavy (non-hydrogen) atoms. The summed E-state index contributed by atoms with van der Waals surface area (Å²) in [7, 11) is 0. The zero-order chi connectivity index (χ0) is 15.1. The maximum atomic E-state index is 11.9. The van der Waals surface area contributed by atoms with Crippen molar-refractivity contribution in [3.05, 3.63) is 35.4 Å². The number of nitrogens with one attached hydrogen (secondary N) is 1. The summed E-state index contributed by atoms with van der Waals surface area (Å²) in [6.45, 7) is 10.8. The number of halogens is 2. The molecular weight excluding hydrogens is 321 g/mol. The van der Waals surface area contributed by atoms with Crippen LogP contribution >= 0.6 is 24.8 Å². The van der Waals surface area contributed by atoms with Crippen molar-refractivity contribution in [2.75, 3.05) is 13.1 Å². The highest BCUT2D eigenvalue weighted by molar-refractivity contribution is 5.94. The Morgan fingerprint density at radius 2 is 1.73 bits per heavy atom. The quantitative estimate of drug-likeness (QED) is 0.795. The van der Waals surface area contributed by atoms with E-state index in [-0.39, 0.29) is 36.8 Å². The molecule has 0 fully saturated rings. The van der Waals surface area contributed by atoms with Crippen LogP contribution in [0.5, 0.6) is 0 Å². The minimum absolute atomic E-state index is 0. The van der Waals surface area contributed by atoms with Crippen LogP contribution in [0.15, 0.2) is 24.3 Å². The predicted molar refractivity (Wildman–Crippen MR) is 98.1 cm³/mol. The third kappa shape index (κ3) is 7.45. The lowest BCUT2D eigenvalue weighted by molar-refractivity contribution is 0.0941. The van der Waals surface area contributed by atoms with Gasteiger partial charge in [0.25, 0.3) is 5.91 Å². The molecule has 3 N–H and O–H groups in total. The van der Waals surface area contributed by atoms with Crippen molar-refractivity contribution < 1.29 is 4.79 Å². The molecule has 0 aliphatic heterocycles. The highest BCUT2D eigenvalue weighted by atomic mass is 35.5. The summed E-state index contributed by atoms with van der Waals surface area (Å²) in [5.74, 6) is -0.0642. The third-order valence-electron chi connectivity index (χ3n) is 3.47. The molecule has 0 saturated carbocycles. The number of hydrogen-bond acceptors (Lipinski definition) is 3. The van der Waals surface area contributed by atoms with Crippen LogP contribution in [-0.4, -0.2) is 36.0 Å². The first kappa shape index (κ1) is 23.5. The maximum Gasteiger partial charge on any atom is 0.251 e. The van der Waals surface area contributed by atoms with Crippen molar-refractivity contribution in [1.82, 2.24) is 10.2 Å². The molecule has 0 saturated heterocycles. The van der Waals surface area contributed by atoms with Crippen molar-refractivity contribution in [3.63, 3.8) is 0 Å². The van der Waals surface area contributed by atoms with E-state index in [1.54, 1.807) is 0 Å². The van der Waals surface area contributed by atoms with E-state index in [9.17, 15) is 4.79 Å². The van der Waals surface area contributed by atoms with Gasteiger partial charge in [-0.1, -0.05) is 19.1 Å². The van der Waals surface area contributed by atoms with Gasteiger partial charge in [0, 0.05) is 30.7 Å². The number of carbonyl (C=O) groups is 1. The Hall–Kier alpha value is -0.810. The minimum atomic E-state index is -0.0642. The van der Waals surface area contributed by atoms with E-state index >= 15 is 0 Å². The zero-order valence-electron chi connectivity index (χ0n) is 13.8. The maximum absolute atomic E-state index is 11.9. The number of rotatable bonds is 7. The van der Waals surface area contributed by atoms with Crippen molar-refractivity contribution in [1.29, 1.82) is 0 Å². The fourth-order valence-electron chi connectivity index (χ4n) is 2.02. The van der Waals surface area contributed by atoms with Crippen LogP contribution in [-0.2, 0) is 6.54 Å². The van der Waals surface area contributed by atoms with E-state index in [0.29, 0.717) is 18.2 Å². The molecule has 4 nitrogen and oxygen atoms in total. The second-order valence-electron chi connectivity index (χ2n) is 5.46. The van der Waals surface area contributed by atoms with Crippen molar-refractivity contribution in [3.8, 4) is 0 Å². The lowest BCUT2D eigenvalue weighted by Crippen LogP contribution is -2.37. The number of amides is 1. The second-order valence-corrected chi connectivity index (χ2v) is 5.46. The van der Waals surface area contributed by atoms with Crippen molar-refractivity contribution in [2.45, 2.75) is 46.3 Å². The van der Waals surface area contributed by atoms with Crippen molar-refractivity contribution in [2.24, 2.45) is 5.73 Å². The molecule has 0 unspecified atom stereocenters. The Morgan fingerprint density at radius 1 is 1.18 bits per heavy atom. The van der Waals surface area contributed by atoms with Crippen LogP contribution in [0.2, 0.25) is 0 Å². The van der Waals surface area contributed by atoms with E-state index in [2.05, 4.69) is 31.0 Å². The lowest BCUT2D eigenvalue weighted by Gasteiger charge is -2.24. The fraction of sp³-hybridized carbons (Fsp3) is 0.562. The molecule has 0 aromatic heterocycles. The number of nitrogens with zero attached hydrogens (tertiary/aromatic N) is 1. The SMILES string of the molecule is CCN(Cc1ccc(C(=O)N[C@@H](C)CN)cc1)C(C)C.Cl.Cl. The first-order chi connectivity index (χ1) is 9.47. The van der Waals surface area contributed by atoms with Crippen LogP contribution in [0, 0.1) is 0 Å². The highest BCUT2D eigenvalue weighted by Crippen LogP contribution is 2.10. The molecule has 128 valence electrons. The standard InChI is InChI=1S/C16H27N3O.2ClH/c1-5-19(12(2)3)11-14-6-8-15(9-7-14)16(20)18-13(4)10-17;;/h6-9,12-13H,5,10-11,17H2,1-4H3,(H,18,20);2*1H/t13-;;/m0../s1. The summed E-state index contributed by atoms with van der Waals surface area (Å²) in [5, 5.41) is 2.86. The van der Waals surface area contributed by atoms with Gasteiger partial charge in [0.2, 0.25) is 0 Å². The highest BCUT2D eigenvalue weighted by Gasteiger charge is 2.10. The van der Waals surface area contributed by atoms with Crippen LogP contribution in [0.1, 0.15) is 43.6 Å². The Labute approximate surface area is 146 Å². The second kappa shape index (κ2) is 11.7. The topological polar surface area (TPSA) is 58.4 Å². The molecular formula is C16H29Cl2N3O. The zero-order valence-corrected chi connectivity index (χ0v) is 15.5.